The van der Waals surface area contributed by atoms with Gasteiger partial charge in [0.25, 0.3) is 0 Å². The number of carbonyl (C=O) groups is 1. The summed E-state index contributed by atoms with van der Waals surface area (Å²) >= 11 is 0. The lowest BCUT2D eigenvalue weighted by molar-refractivity contribution is 0.180. The van der Waals surface area contributed by atoms with Gasteiger partial charge in [-0.1, -0.05) is 67.1 Å². The summed E-state index contributed by atoms with van der Waals surface area (Å²) in [6, 6.07) is 28.2. The second kappa shape index (κ2) is 10.3. The maximum Gasteiger partial charge on any atom is 0.318 e. The molecule has 1 aliphatic heterocycles. The smallest absolute Gasteiger partial charge is 0.318 e. The molecule has 0 fully saturated rings. The van der Waals surface area contributed by atoms with E-state index in [-0.39, 0.29) is 17.9 Å². The number of aryl methyl sites for hydroxylation is 2. The van der Waals surface area contributed by atoms with Gasteiger partial charge in [-0.05, 0) is 60.9 Å². The Morgan fingerprint density at radius 1 is 1.00 bits per heavy atom. The van der Waals surface area contributed by atoms with Crippen molar-refractivity contribution >= 4 is 6.03 Å². The van der Waals surface area contributed by atoms with Crippen LogP contribution in [0.2, 0.25) is 0 Å². The Hall–Kier alpha value is -4.65. The number of halogens is 1. The number of para-hydroxylation sites is 1. The number of benzene rings is 3. The molecule has 3 heterocycles. The first kappa shape index (κ1) is 24.7. The lowest BCUT2D eigenvalue weighted by Crippen LogP contribution is -2.41. The van der Waals surface area contributed by atoms with Gasteiger partial charge in [0.05, 0.1) is 29.7 Å². The Morgan fingerprint density at radius 3 is 2.54 bits per heavy atom. The van der Waals surface area contributed by atoms with Crippen LogP contribution < -0.4 is 5.32 Å². The van der Waals surface area contributed by atoms with Crippen LogP contribution in [0, 0.1) is 12.7 Å². The molecule has 2 amide bonds. The summed E-state index contributed by atoms with van der Waals surface area (Å²) in [6.07, 6.45) is 2.79. The molecule has 196 valence electrons. The van der Waals surface area contributed by atoms with Gasteiger partial charge < -0.3 is 14.8 Å². The fraction of sp³-hybridized carbons (Fsp3) is 0.188. The topological polar surface area (TPSA) is 55.1 Å². The molecule has 0 unspecified atom stereocenters. The van der Waals surface area contributed by atoms with Gasteiger partial charge in [0, 0.05) is 18.3 Å². The molecule has 5 aromatic rings. The summed E-state index contributed by atoms with van der Waals surface area (Å²) in [6.45, 7) is 4.85. The summed E-state index contributed by atoms with van der Waals surface area (Å²) in [5.74, 6) is 0.650. The largest absolute Gasteiger partial charge is 0.334 e. The number of nitrogens with zero attached hydrogens (tertiary/aromatic N) is 4. The summed E-state index contributed by atoms with van der Waals surface area (Å²) in [7, 11) is 0. The van der Waals surface area contributed by atoms with Gasteiger partial charge in [-0.25, -0.2) is 13.9 Å². The number of urea groups is 1. The second-order valence-corrected chi connectivity index (χ2v) is 9.88. The first-order valence-corrected chi connectivity index (χ1v) is 13.2. The molecular weight excluding hydrogens is 489 g/mol. The molecule has 3 aromatic carbocycles. The van der Waals surface area contributed by atoms with E-state index in [1.807, 2.05) is 52.0 Å². The average molecular weight is 520 g/mol. The van der Waals surface area contributed by atoms with E-state index in [1.165, 1.54) is 12.1 Å². The van der Waals surface area contributed by atoms with Crippen molar-refractivity contribution in [1.29, 1.82) is 0 Å². The van der Waals surface area contributed by atoms with Gasteiger partial charge in [-0.3, -0.25) is 0 Å². The van der Waals surface area contributed by atoms with E-state index in [0.717, 1.165) is 51.6 Å². The Bertz CT molecular complexity index is 1620. The van der Waals surface area contributed by atoms with E-state index in [9.17, 15) is 9.18 Å². The number of amides is 2. The predicted molar refractivity (Wildman–Crippen MR) is 149 cm³/mol. The van der Waals surface area contributed by atoms with E-state index in [2.05, 4.69) is 54.2 Å². The fourth-order valence-electron chi connectivity index (χ4n) is 5.42. The lowest BCUT2D eigenvalue weighted by atomic mass is 10.00. The van der Waals surface area contributed by atoms with E-state index in [4.69, 9.17) is 5.10 Å². The number of rotatable bonds is 5. The highest BCUT2D eigenvalue weighted by Gasteiger charge is 2.36. The van der Waals surface area contributed by atoms with Gasteiger partial charge >= 0.3 is 6.03 Å². The van der Waals surface area contributed by atoms with Gasteiger partial charge in [-0.2, -0.15) is 5.10 Å². The average Bonchev–Trinajstić information content (AvgIpc) is 3.54. The minimum atomic E-state index is -0.325. The molecule has 0 bridgehead atoms. The van der Waals surface area contributed by atoms with Crippen molar-refractivity contribution in [3.05, 3.63) is 137 Å². The molecule has 1 atom stereocenters. The number of fused-ring (bicyclic) bond motifs is 3. The standard InChI is InChI=1S/C32H30FN5O/c1-3-28-27-21-37(32(39)34-20-23-14-16-25(33)17-15-23)30(24-10-7-9-22(2)19-24)29-13-8-18-36(29)31(27)38(35-28)26-11-5-4-6-12-26/h4-19,30H,3,20-21H2,1-2H3,(H,34,39)/t30-/m1/s1. The van der Waals surface area contributed by atoms with Crippen LogP contribution in [-0.4, -0.2) is 25.3 Å². The number of nitrogens with one attached hydrogen (secondary N) is 1. The zero-order chi connectivity index (χ0) is 26.9. The zero-order valence-electron chi connectivity index (χ0n) is 22.0. The van der Waals surface area contributed by atoms with Crippen molar-refractivity contribution in [2.45, 2.75) is 39.4 Å². The molecule has 1 N–H and O–H groups in total. The van der Waals surface area contributed by atoms with Gasteiger partial charge in [0.15, 0.2) is 0 Å². The minimum Gasteiger partial charge on any atom is -0.334 e. The van der Waals surface area contributed by atoms with Gasteiger partial charge in [0.2, 0.25) is 0 Å². The highest BCUT2D eigenvalue weighted by atomic mass is 19.1. The van der Waals surface area contributed by atoms with E-state index < -0.39 is 0 Å². The molecule has 6 rings (SSSR count). The van der Waals surface area contributed by atoms with Gasteiger partial charge in [-0.15, -0.1) is 0 Å². The lowest BCUT2D eigenvalue weighted by Gasteiger charge is -2.31. The van der Waals surface area contributed by atoms with Crippen LogP contribution in [0.25, 0.3) is 11.5 Å². The molecule has 7 heteroatoms. The molecule has 1 aliphatic rings. The van der Waals surface area contributed by atoms with Crippen LogP contribution >= 0.6 is 0 Å². The monoisotopic (exact) mass is 519 g/mol. The SMILES string of the molecule is CCc1nn(-c2ccccc2)c2c1CN(C(=O)NCc1ccc(F)cc1)[C@H](c1cccc(C)c1)c1cccn1-2. The Kier molecular flexibility index (Phi) is 6.49. The predicted octanol–water partition coefficient (Wildman–Crippen LogP) is 6.49. The molecule has 0 radical (unpaired) electrons. The third kappa shape index (κ3) is 4.61. The maximum absolute atomic E-state index is 14.0. The van der Waals surface area contributed by atoms with Crippen molar-refractivity contribution in [2.75, 3.05) is 0 Å². The van der Waals surface area contributed by atoms with Crippen molar-refractivity contribution in [1.82, 2.24) is 24.6 Å². The molecule has 6 nitrogen and oxygen atoms in total. The maximum atomic E-state index is 14.0. The molecular formula is C32H30FN5O. The Balaban J connectivity index is 1.49. The van der Waals surface area contributed by atoms with Crippen molar-refractivity contribution in [3.63, 3.8) is 0 Å². The highest BCUT2D eigenvalue weighted by Crippen LogP contribution is 2.38. The zero-order valence-corrected chi connectivity index (χ0v) is 22.0. The molecule has 0 aliphatic carbocycles. The Labute approximate surface area is 227 Å². The fourth-order valence-corrected chi connectivity index (χ4v) is 5.42. The van der Waals surface area contributed by atoms with Crippen LogP contribution in [0.4, 0.5) is 9.18 Å². The second-order valence-electron chi connectivity index (χ2n) is 9.88. The van der Waals surface area contributed by atoms with Crippen LogP contribution in [0.5, 0.6) is 0 Å². The van der Waals surface area contributed by atoms with Crippen molar-refractivity contribution in [2.24, 2.45) is 0 Å². The molecule has 0 saturated heterocycles. The number of carbonyl (C=O) groups excluding carboxylic acids is 1. The first-order chi connectivity index (χ1) is 19.0. The van der Waals surface area contributed by atoms with E-state index >= 15 is 0 Å². The van der Waals surface area contributed by atoms with E-state index in [1.54, 1.807) is 12.1 Å². The molecule has 39 heavy (non-hydrogen) atoms. The number of hydrogen-bond acceptors (Lipinski definition) is 2. The van der Waals surface area contributed by atoms with Crippen molar-refractivity contribution in [3.8, 4) is 11.5 Å². The Morgan fingerprint density at radius 2 is 1.79 bits per heavy atom. The van der Waals surface area contributed by atoms with E-state index in [0.29, 0.717) is 13.1 Å². The van der Waals surface area contributed by atoms with Gasteiger partial charge in [0.1, 0.15) is 11.6 Å². The van der Waals surface area contributed by atoms with Crippen LogP contribution in [0.3, 0.4) is 0 Å². The quantitative estimate of drug-likeness (QED) is 0.289. The minimum absolute atomic E-state index is 0.194. The summed E-state index contributed by atoms with van der Waals surface area (Å²) < 4.78 is 17.6. The molecule has 0 saturated carbocycles. The van der Waals surface area contributed by atoms with Crippen LogP contribution in [0.15, 0.2) is 97.2 Å². The number of hydrogen-bond donors (Lipinski definition) is 1. The molecule has 2 aromatic heterocycles. The normalized spacial score (nSPS) is 14.4. The number of aromatic nitrogens is 3. The summed E-state index contributed by atoms with van der Waals surface area (Å²) in [4.78, 5) is 15.9. The third-order valence-electron chi connectivity index (χ3n) is 7.28. The van der Waals surface area contributed by atoms with Crippen LogP contribution in [-0.2, 0) is 19.5 Å². The summed E-state index contributed by atoms with van der Waals surface area (Å²) in [5.41, 5.74) is 6.92. The first-order valence-electron chi connectivity index (χ1n) is 13.2. The molecule has 0 spiro atoms. The third-order valence-corrected chi connectivity index (χ3v) is 7.28. The highest BCUT2D eigenvalue weighted by molar-refractivity contribution is 5.76. The summed E-state index contributed by atoms with van der Waals surface area (Å²) in [5, 5.41) is 8.10. The van der Waals surface area contributed by atoms with Crippen LogP contribution in [0.1, 0.15) is 46.6 Å². The van der Waals surface area contributed by atoms with Crippen molar-refractivity contribution < 1.29 is 9.18 Å².